The zero-order chi connectivity index (χ0) is 43.3. The predicted octanol–water partition coefficient (Wildman–Crippen LogP) is 7.64. The molecule has 0 spiro atoms. The molecule has 15 nitrogen and oxygen atoms in total. The fraction of sp³-hybridized carbons (Fsp3) is 0.545. The molecule has 3 aromatic rings. The quantitative estimate of drug-likeness (QED) is 0.0253. The number of rotatable bonds is 27. The van der Waals surface area contributed by atoms with Crippen LogP contribution in [0.2, 0.25) is 0 Å². The first-order valence-corrected chi connectivity index (χ1v) is 22.9. The van der Waals surface area contributed by atoms with Crippen molar-refractivity contribution in [3.8, 4) is 17.1 Å². The summed E-state index contributed by atoms with van der Waals surface area (Å²) in [6.07, 6.45) is 6.80. The van der Waals surface area contributed by atoms with Gasteiger partial charge in [0.15, 0.2) is 5.76 Å². The van der Waals surface area contributed by atoms with Crippen molar-refractivity contribution in [2.45, 2.75) is 98.4 Å². The van der Waals surface area contributed by atoms with Crippen LogP contribution >= 0.6 is 7.60 Å². The number of anilines is 1. The van der Waals surface area contributed by atoms with Gasteiger partial charge in [0.2, 0.25) is 12.3 Å². The Balaban J connectivity index is 1.43. The second-order valence-electron chi connectivity index (χ2n) is 14.5. The molecule has 1 aliphatic heterocycles. The van der Waals surface area contributed by atoms with Crippen molar-refractivity contribution in [3.05, 3.63) is 65.9 Å². The maximum atomic E-state index is 14.1. The highest BCUT2D eigenvalue weighted by Crippen LogP contribution is 2.49. The maximum absolute atomic E-state index is 14.1. The summed E-state index contributed by atoms with van der Waals surface area (Å²) in [6.45, 7) is 13.2. The Morgan fingerprint density at radius 3 is 2.17 bits per heavy atom. The third kappa shape index (κ3) is 13.9. The number of hydrogen-bond donors (Lipinski definition) is 2. The lowest BCUT2D eigenvalue weighted by Crippen LogP contribution is -2.49. The minimum Gasteiger partial charge on any atom is -0.494 e. The molecule has 0 aliphatic carbocycles. The van der Waals surface area contributed by atoms with Crippen LogP contribution in [0.5, 0.6) is 5.75 Å². The maximum Gasteiger partial charge on any atom is 0.363 e. The van der Waals surface area contributed by atoms with E-state index in [0.717, 1.165) is 49.5 Å². The minimum absolute atomic E-state index is 0.0212. The van der Waals surface area contributed by atoms with Crippen LogP contribution in [-0.2, 0) is 32.8 Å². The van der Waals surface area contributed by atoms with E-state index in [1.54, 1.807) is 36.4 Å². The number of nitrogens with one attached hydrogen (secondary N) is 2. The number of morpholine rings is 1. The summed E-state index contributed by atoms with van der Waals surface area (Å²) in [7, 11) is -3.72. The average Bonchev–Trinajstić information content (AvgIpc) is 3.77. The number of benzene rings is 2. The number of unbranched alkanes of at least 4 members (excludes halogenated alkanes) is 4. The van der Waals surface area contributed by atoms with Crippen molar-refractivity contribution in [2.75, 3.05) is 57.7 Å². The number of amides is 3. The van der Waals surface area contributed by atoms with Gasteiger partial charge in [0.05, 0.1) is 62.5 Å². The number of carbonyl (C=O) groups excluding carboxylic acids is 4. The van der Waals surface area contributed by atoms with Crippen LogP contribution in [0.1, 0.15) is 113 Å². The van der Waals surface area contributed by atoms with Gasteiger partial charge in [0.25, 0.3) is 5.91 Å². The lowest BCUT2D eigenvalue weighted by Gasteiger charge is -2.32. The molecule has 0 bridgehead atoms. The fourth-order valence-electron chi connectivity index (χ4n) is 6.72. The molecule has 4 rings (SSSR count). The van der Waals surface area contributed by atoms with Crippen LogP contribution in [0.3, 0.4) is 0 Å². The third-order valence-electron chi connectivity index (χ3n) is 10.1. The summed E-state index contributed by atoms with van der Waals surface area (Å²) in [4.78, 5) is 60.3. The summed E-state index contributed by atoms with van der Waals surface area (Å²) in [6, 6.07) is 14.3. The number of ether oxygens (including phenoxy) is 2. The van der Waals surface area contributed by atoms with E-state index < -0.39 is 37.3 Å². The van der Waals surface area contributed by atoms with E-state index in [-0.39, 0.29) is 31.2 Å². The van der Waals surface area contributed by atoms with Crippen molar-refractivity contribution in [1.82, 2.24) is 15.7 Å². The highest BCUT2D eigenvalue weighted by molar-refractivity contribution is 7.62. The average molecular weight is 855 g/mol. The monoisotopic (exact) mass is 854 g/mol. The molecule has 0 saturated carbocycles. The van der Waals surface area contributed by atoms with Crippen LogP contribution in [-0.4, -0.2) is 88.1 Å². The molecule has 1 aliphatic rings. The first-order chi connectivity index (χ1) is 29.1. The summed E-state index contributed by atoms with van der Waals surface area (Å²) in [5.74, 6) is -1.73. The molecule has 0 unspecified atom stereocenters. The Morgan fingerprint density at radius 2 is 1.55 bits per heavy atom. The van der Waals surface area contributed by atoms with E-state index in [4.69, 9.17) is 27.8 Å². The molecule has 0 radical (unpaired) electrons. The molecule has 16 heteroatoms. The molecule has 2 N–H and O–H groups in total. The van der Waals surface area contributed by atoms with Crippen molar-refractivity contribution in [2.24, 2.45) is 5.92 Å². The molecular formula is C44H63N4O11P. The Morgan fingerprint density at radius 1 is 0.867 bits per heavy atom. The molecule has 1 saturated heterocycles. The van der Waals surface area contributed by atoms with E-state index in [9.17, 15) is 23.7 Å². The third-order valence-corrected chi connectivity index (χ3v) is 12.0. The molecule has 2 aromatic carbocycles. The highest BCUT2D eigenvalue weighted by Gasteiger charge is 2.34. The van der Waals surface area contributed by atoms with Gasteiger partial charge in [-0.2, -0.15) is 5.06 Å². The Labute approximate surface area is 354 Å². The van der Waals surface area contributed by atoms with E-state index >= 15 is 0 Å². The zero-order valence-corrected chi connectivity index (χ0v) is 36.7. The van der Waals surface area contributed by atoms with Gasteiger partial charge in [-0.15, -0.1) is 0 Å². The molecule has 2 heterocycles. The molecule has 3 amide bonds. The molecule has 2 atom stereocenters. The Hall–Kier alpha value is -4.69. The molecule has 1 aromatic heterocycles. The van der Waals surface area contributed by atoms with Gasteiger partial charge in [0.1, 0.15) is 11.5 Å². The summed E-state index contributed by atoms with van der Waals surface area (Å²) in [5, 5.41) is 6.69. The second kappa shape index (κ2) is 25.2. The smallest absolute Gasteiger partial charge is 0.363 e. The van der Waals surface area contributed by atoms with E-state index in [1.807, 2.05) is 46.8 Å². The van der Waals surface area contributed by atoms with Gasteiger partial charge in [-0.1, -0.05) is 59.8 Å². The van der Waals surface area contributed by atoms with Gasteiger partial charge in [0, 0.05) is 24.3 Å². The molecular weight excluding hydrogens is 791 g/mol. The van der Waals surface area contributed by atoms with Crippen LogP contribution in [0, 0.1) is 5.92 Å². The van der Waals surface area contributed by atoms with Crippen molar-refractivity contribution >= 4 is 42.8 Å². The predicted molar refractivity (Wildman–Crippen MR) is 229 cm³/mol. The Bertz CT molecular complexity index is 1830. The standard InChI is InChI=1S/C44H63N4O11P/c1-6-11-14-15-38(39(9-4)48(32-49)59-44(52)33-16-18-35(19-17-33)47-22-26-54-27-23-47)42(50)45-31-46-43(51)41-21-20-40(58-41)34-28-36(55-10-5)30-37(29-34)60(53,56-24-12-7-2)57-25-13-8-3/h16-21,28-30,32,38-39H,6-15,22-27,31H2,1-5H3,(H,45,50)(H,46,51)/t38-,39-/m1/s1. The first kappa shape index (κ1) is 48.0. The summed E-state index contributed by atoms with van der Waals surface area (Å²) in [5.41, 5.74) is 1.72. The molecule has 1 fully saturated rings. The first-order valence-electron chi connectivity index (χ1n) is 21.3. The largest absolute Gasteiger partial charge is 0.494 e. The van der Waals surface area contributed by atoms with Crippen molar-refractivity contribution in [1.29, 1.82) is 0 Å². The van der Waals surface area contributed by atoms with Gasteiger partial charge in [-0.3, -0.25) is 18.9 Å². The number of furan rings is 1. The van der Waals surface area contributed by atoms with E-state index in [0.29, 0.717) is 80.7 Å². The van der Waals surface area contributed by atoms with Crippen molar-refractivity contribution < 1.29 is 51.5 Å². The minimum atomic E-state index is -3.72. The SMILES string of the molecule is CCCCC[C@@H](C(=O)NCNC(=O)c1ccc(-c2cc(OCC)cc(P(=O)(OCCCC)OCCCC)c2)o1)[C@@H](CC)N(C=O)OC(=O)c1ccc(N2CCOCC2)cc1. The van der Waals surface area contributed by atoms with E-state index in [1.165, 1.54) is 6.07 Å². The molecule has 330 valence electrons. The van der Waals surface area contributed by atoms with Crippen LogP contribution in [0.15, 0.2) is 59.0 Å². The van der Waals surface area contributed by atoms with Gasteiger partial charge in [-0.05, 0) is 87.2 Å². The second-order valence-corrected chi connectivity index (χ2v) is 16.5. The Kier molecular flexibility index (Phi) is 20.1. The lowest BCUT2D eigenvalue weighted by atomic mass is 9.90. The number of hydrogen-bond acceptors (Lipinski definition) is 12. The topological polar surface area (TPSA) is 175 Å². The van der Waals surface area contributed by atoms with Crippen molar-refractivity contribution in [3.63, 3.8) is 0 Å². The fourth-order valence-corrected chi connectivity index (χ4v) is 8.42. The number of carbonyl (C=O) groups is 4. The van der Waals surface area contributed by atoms with Crippen LogP contribution in [0.4, 0.5) is 5.69 Å². The zero-order valence-electron chi connectivity index (χ0n) is 35.8. The number of hydroxylamine groups is 2. The molecule has 60 heavy (non-hydrogen) atoms. The van der Waals surface area contributed by atoms with Gasteiger partial charge in [-0.25, -0.2) is 4.79 Å². The number of nitrogens with zero attached hydrogens (tertiary/aromatic N) is 2. The lowest BCUT2D eigenvalue weighted by molar-refractivity contribution is -0.171. The van der Waals surface area contributed by atoms with Gasteiger partial charge >= 0.3 is 13.6 Å². The summed E-state index contributed by atoms with van der Waals surface area (Å²) >= 11 is 0. The van der Waals surface area contributed by atoms with Gasteiger partial charge < -0.3 is 43.3 Å². The van der Waals surface area contributed by atoms with Crippen LogP contribution < -0.4 is 25.6 Å². The van der Waals surface area contributed by atoms with E-state index in [2.05, 4.69) is 15.5 Å². The summed E-state index contributed by atoms with van der Waals surface area (Å²) < 4.78 is 43.1. The highest BCUT2D eigenvalue weighted by atomic mass is 31.2. The van der Waals surface area contributed by atoms with Crippen LogP contribution in [0.25, 0.3) is 11.3 Å². The normalized spacial score (nSPS) is 13.9.